The Morgan fingerprint density at radius 1 is 1.38 bits per heavy atom. The summed E-state index contributed by atoms with van der Waals surface area (Å²) in [7, 11) is 1.63. The van der Waals surface area contributed by atoms with Crippen LogP contribution in [0.5, 0.6) is 5.75 Å². The van der Waals surface area contributed by atoms with Gasteiger partial charge >= 0.3 is 0 Å². The summed E-state index contributed by atoms with van der Waals surface area (Å²) < 4.78 is 15.1. The van der Waals surface area contributed by atoms with Crippen molar-refractivity contribution in [3.05, 3.63) is 52.9 Å². The highest BCUT2D eigenvalue weighted by molar-refractivity contribution is 7.08. The summed E-state index contributed by atoms with van der Waals surface area (Å²) in [6.07, 6.45) is 3.74. The molecular weight excluding hydrogens is 390 g/mol. The smallest absolute Gasteiger partial charge is 0.267 e. The first kappa shape index (κ1) is 19.4. The van der Waals surface area contributed by atoms with E-state index >= 15 is 0 Å². The third-order valence-electron chi connectivity index (χ3n) is 4.79. The van der Waals surface area contributed by atoms with Crippen LogP contribution in [0.4, 0.5) is 0 Å². The molecule has 1 atom stereocenters. The number of methoxy groups -OCH3 is 1. The summed E-state index contributed by atoms with van der Waals surface area (Å²) in [5, 5.41) is 4.04. The molecule has 0 N–H and O–H groups in total. The van der Waals surface area contributed by atoms with Crippen molar-refractivity contribution in [1.29, 1.82) is 0 Å². The van der Waals surface area contributed by atoms with E-state index in [-0.39, 0.29) is 12.0 Å². The lowest BCUT2D eigenvalue weighted by Crippen LogP contribution is -2.42. The van der Waals surface area contributed by atoms with Crippen molar-refractivity contribution >= 4 is 17.4 Å². The Bertz CT molecular complexity index is 1010. The third kappa shape index (κ3) is 4.10. The number of amides is 1. The summed E-state index contributed by atoms with van der Waals surface area (Å²) in [5.41, 5.74) is 3.07. The maximum Gasteiger partial charge on any atom is 0.267 e. The van der Waals surface area contributed by atoms with Gasteiger partial charge in [-0.1, -0.05) is 23.5 Å². The molecule has 3 aromatic rings. The molecule has 0 spiro atoms. The Labute approximate surface area is 172 Å². The predicted molar refractivity (Wildman–Crippen MR) is 108 cm³/mol. The first-order valence-electron chi connectivity index (χ1n) is 9.38. The molecule has 0 saturated carbocycles. The fraction of sp³-hybridized carbons (Fsp3) is 0.350. The lowest BCUT2D eigenvalue weighted by Gasteiger charge is -2.32. The Kier molecular flexibility index (Phi) is 5.77. The minimum absolute atomic E-state index is 0.0536. The Balaban J connectivity index is 1.55. The van der Waals surface area contributed by atoms with Gasteiger partial charge in [-0.15, -0.1) is 5.10 Å². The van der Waals surface area contributed by atoms with Crippen LogP contribution in [0.25, 0.3) is 11.3 Å². The van der Waals surface area contributed by atoms with Crippen LogP contribution in [-0.4, -0.2) is 57.2 Å². The van der Waals surface area contributed by atoms with Crippen molar-refractivity contribution in [3.8, 4) is 17.0 Å². The highest BCUT2D eigenvalue weighted by Crippen LogP contribution is 2.26. The van der Waals surface area contributed by atoms with E-state index in [2.05, 4.69) is 14.6 Å². The molecule has 4 rings (SSSR count). The van der Waals surface area contributed by atoms with Gasteiger partial charge < -0.3 is 14.4 Å². The maximum atomic E-state index is 12.9. The van der Waals surface area contributed by atoms with E-state index in [0.29, 0.717) is 36.7 Å². The van der Waals surface area contributed by atoms with Crippen molar-refractivity contribution in [2.75, 3.05) is 26.8 Å². The number of rotatable bonds is 5. The zero-order valence-electron chi connectivity index (χ0n) is 16.2. The molecule has 150 valence electrons. The number of hydrogen-bond donors (Lipinski definition) is 0. The third-order valence-corrected chi connectivity index (χ3v) is 5.54. The lowest BCUT2D eigenvalue weighted by atomic mass is 10.1. The highest BCUT2D eigenvalue weighted by atomic mass is 32.1. The molecular formula is C20H21N5O3S. The number of nitrogens with zero attached hydrogens (tertiary/aromatic N) is 5. The van der Waals surface area contributed by atoms with Gasteiger partial charge in [-0.05, 0) is 30.1 Å². The van der Waals surface area contributed by atoms with Crippen LogP contribution in [0, 0.1) is 0 Å². The molecule has 0 radical (unpaired) electrons. The van der Waals surface area contributed by atoms with Crippen LogP contribution in [0.3, 0.4) is 0 Å². The Morgan fingerprint density at radius 3 is 3.10 bits per heavy atom. The van der Waals surface area contributed by atoms with Crippen LogP contribution in [0.15, 0.2) is 36.7 Å². The molecule has 1 fully saturated rings. The quantitative estimate of drug-likeness (QED) is 0.638. The molecule has 29 heavy (non-hydrogen) atoms. The van der Waals surface area contributed by atoms with Gasteiger partial charge in [-0.3, -0.25) is 9.78 Å². The summed E-state index contributed by atoms with van der Waals surface area (Å²) in [6, 6.07) is 7.66. The molecule has 1 aromatic carbocycles. The molecule has 1 aliphatic heterocycles. The van der Waals surface area contributed by atoms with E-state index in [1.54, 1.807) is 24.4 Å². The van der Waals surface area contributed by atoms with Crippen LogP contribution in [0.2, 0.25) is 0 Å². The van der Waals surface area contributed by atoms with Crippen molar-refractivity contribution in [2.45, 2.75) is 19.4 Å². The zero-order chi connectivity index (χ0) is 20.2. The van der Waals surface area contributed by atoms with Crippen molar-refractivity contribution < 1.29 is 14.3 Å². The molecule has 1 saturated heterocycles. The molecule has 2 aromatic heterocycles. The average Bonchev–Trinajstić information content (AvgIpc) is 3.28. The first-order valence-corrected chi connectivity index (χ1v) is 10.2. The van der Waals surface area contributed by atoms with Crippen LogP contribution in [0.1, 0.15) is 34.1 Å². The number of morpholine rings is 1. The number of carbonyl (C=O) groups is 1. The second-order valence-corrected chi connectivity index (χ2v) is 7.33. The molecule has 1 aliphatic rings. The van der Waals surface area contributed by atoms with Gasteiger partial charge in [0.15, 0.2) is 0 Å². The molecule has 8 nitrogen and oxygen atoms in total. The van der Waals surface area contributed by atoms with Gasteiger partial charge in [-0.25, -0.2) is 4.98 Å². The fourth-order valence-electron chi connectivity index (χ4n) is 3.22. The Hall–Kier alpha value is -2.91. The SMILES string of the molecule is CCc1nnsc1C(=O)N1CCOC(c2cncc(-c3cccc(OC)c3)n2)C1. The second kappa shape index (κ2) is 8.62. The molecule has 0 aliphatic carbocycles. The van der Waals surface area contributed by atoms with E-state index < -0.39 is 0 Å². The minimum atomic E-state index is -0.336. The first-order chi connectivity index (χ1) is 14.2. The van der Waals surface area contributed by atoms with E-state index in [9.17, 15) is 4.79 Å². The van der Waals surface area contributed by atoms with E-state index in [4.69, 9.17) is 14.5 Å². The monoisotopic (exact) mass is 411 g/mol. The molecule has 3 heterocycles. The van der Waals surface area contributed by atoms with Crippen molar-refractivity contribution in [2.24, 2.45) is 0 Å². The van der Waals surface area contributed by atoms with Gasteiger partial charge in [0.2, 0.25) is 0 Å². The second-order valence-electron chi connectivity index (χ2n) is 6.57. The largest absolute Gasteiger partial charge is 0.497 e. The minimum Gasteiger partial charge on any atom is -0.497 e. The van der Waals surface area contributed by atoms with Gasteiger partial charge in [0, 0.05) is 12.1 Å². The summed E-state index contributed by atoms with van der Waals surface area (Å²) >= 11 is 1.14. The van der Waals surface area contributed by atoms with Crippen molar-refractivity contribution in [1.82, 2.24) is 24.5 Å². The molecule has 0 bridgehead atoms. The number of aromatic nitrogens is 4. The summed E-state index contributed by atoms with van der Waals surface area (Å²) in [5.74, 6) is 0.701. The standard InChI is InChI=1S/C20H21N5O3S/c1-3-15-19(29-24-23-15)20(26)25-7-8-28-18(12-25)17-11-21-10-16(22-17)13-5-4-6-14(9-13)27-2/h4-6,9-11,18H,3,7-8,12H2,1-2H3. The summed E-state index contributed by atoms with van der Waals surface area (Å²) in [4.78, 5) is 24.4. The molecule has 9 heteroatoms. The van der Waals surface area contributed by atoms with E-state index in [1.807, 2.05) is 31.2 Å². The normalized spacial score (nSPS) is 16.6. The van der Waals surface area contributed by atoms with Gasteiger partial charge in [0.05, 0.1) is 49.7 Å². The summed E-state index contributed by atoms with van der Waals surface area (Å²) in [6.45, 7) is 3.35. The van der Waals surface area contributed by atoms with E-state index in [1.165, 1.54) is 0 Å². The molecule has 1 unspecified atom stereocenters. The average molecular weight is 411 g/mol. The predicted octanol–water partition coefficient (Wildman–Crippen LogP) is 2.78. The number of hydrogen-bond acceptors (Lipinski definition) is 8. The number of aryl methyl sites for hydroxylation is 1. The van der Waals surface area contributed by atoms with E-state index in [0.717, 1.165) is 34.2 Å². The maximum absolute atomic E-state index is 12.9. The molecule has 1 amide bonds. The van der Waals surface area contributed by atoms with Crippen molar-refractivity contribution in [3.63, 3.8) is 0 Å². The Morgan fingerprint density at radius 2 is 2.28 bits per heavy atom. The van der Waals surface area contributed by atoms with Gasteiger partial charge in [0.1, 0.15) is 16.7 Å². The topological polar surface area (TPSA) is 90.3 Å². The van der Waals surface area contributed by atoms with Gasteiger partial charge in [0.25, 0.3) is 5.91 Å². The zero-order valence-corrected chi connectivity index (χ0v) is 17.1. The highest BCUT2D eigenvalue weighted by Gasteiger charge is 2.29. The van der Waals surface area contributed by atoms with Crippen LogP contribution in [-0.2, 0) is 11.2 Å². The van der Waals surface area contributed by atoms with Crippen LogP contribution < -0.4 is 4.74 Å². The fourth-order valence-corrected chi connectivity index (χ4v) is 3.94. The van der Waals surface area contributed by atoms with Gasteiger partial charge in [-0.2, -0.15) is 0 Å². The number of carbonyl (C=O) groups excluding carboxylic acids is 1. The van der Waals surface area contributed by atoms with Crippen LogP contribution >= 0.6 is 11.5 Å². The number of benzene rings is 1. The number of ether oxygens (including phenoxy) is 2. The lowest BCUT2D eigenvalue weighted by molar-refractivity contribution is -0.0247.